The van der Waals surface area contributed by atoms with Crippen LogP contribution < -0.4 is 0 Å². The number of nitrogens with zero attached hydrogens (tertiary/aromatic N) is 3. The van der Waals surface area contributed by atoms with E-state index < -0.39 is 5.97 Å². The smallest absolute Gasteiger partial charge is 0.305 e. The van der Waals surface area contributed by atoms with Crippen molar-refractivity contribution >= 4 is 11.9 Å². The second-order valence-electron chi connectivity index (χ2n) is 4.87. The molecule has 6 heteroatoms. The van der Waals surface area contributed by atoms with Gasteiger partial charge in [0, 0.05) is 25.8 Å². The number of aromatic nitrogens is 2. The van der Waals surface area contributed by atoms with Gasteiger partial charge in [0.15, 0.2) is 0 Å². The fourth-order valence-corrected chi connectivity index (χ4v) is 1.78. The van der Waals surface area contributed by atoms with Crippen molar-refractivity contribution in [2.24, 2.45) is 5.92 Å². The molecule has 6 nitrogen and oxygen atoms in total. The number of carboxylic acids is 1. The minimum atomic E-state index is -0.897. The van der Waals surface area contributed by atoms with Gasteiger partial charge < -0.3 is 10.0 Å². The Hall–Kier alpha value is -1.85. The lowest BCUT2D eigenvalue weighted by atomic mass is 10.2. The molecule has 0 atom stereocenters. The molecule has 0 fully saturated rings. The first-order chi connectivity index (χ1) is 8.93. The largest absolute Gasteiger partial charge is 0.481 e. The van der Waals surface area contributed by atoms with Crippen LogP contribution in [0.5, 0.6) is 0 Å². The second kappa shape index (κ2) is 6.92. The van der Waals surface area contributed by atoms with E-state index in [9.17, 15) is 9.59 Å². The van der Waals surface area contributed by atoms with Crippen LogP contribution in [0, 0.1) is 5.92 Å². The standard InChI is InChI=1S/C13H21N3O3/c1-4-16-9-11(7-14-16)13(19)15(8-10(2)3)6-5-12(17)18/h7,9-10H,4-6,8H2,1-3H3,(H,17,18). The summed E-state index contributed by atoms with van der Waals surface area (Å²) in [5, 5.41) is 12.8. The van der Waals surface area contributed by atoms with Crippen LogP contribution in [-0.4, -0.2) is 44.8 Å². The van der Waals surface area contributed by atoms with Crippen molar-refractivity contribution in [1.29, 1.82) is 0 Å². The van der Waals surface area contributed by atoms with Gasteiger partial charge in [-0.05, 0) is 12.8 Å². The molecular weight excluding hydrogens is 246 g/mol. The van der Waals surface area contributed by atoms with Gasteiger partial charge in [-0.3, -0.25) is 14.3 Å². The molecule has 0 saturated carbocycles. The molecule has 1 heterocycles. The van der Waals surface area contributed by atoms with E-state index in [4.69, 9.17) is 5.11 Å². The van der Waals surface area contributed by atoms with Crippen LogP contribution in [0.2, 0.25) is 0 Å². The molecule has 0 spiro atoms. The number of hydrogen-bond donors (Lipinski definition) is 1. The number of aliphatic carboxylic acids is 1. The molecule has 1 aromatic rings. The van der Waals surface area contributed by atoms with Crippen LogP contribution >= 0.6 is 0 Å². The van der Waals surface area contributed by atoms with Crippen LogP contribution in [0.1, 0.15) is 37.6 Å². The molecule has 19 heavy (non-hydrogen) atoms. The minimum Gasteiger partial charge on any atom is -0.481 e. The fourth-order valence-electron chi connectivity index (χ4n) is 1.78. The molecule has 0 aromatic carbocycles. The zero-order valence-electron chi connectivity index (χ0n) is 11.7. The average molecular weight is 267 g/mol. The first-order valence-corrected chi connectivity index (χ1v) is 6.47. The summed E-state index contributed by atoms with van der Waals surface area (Å²) in [6.07, 6.45) is 3.18. The maximum atomic E-state index is 12.3. The molecule has 1 rings (SSSR count). The van der Waals surface area contributed by atoms with E-state index in [1.807, 2.05) is 20.8 Å². The van der Waals surface area contributed by atoms with Gasteiger partial charge in [-0.15, -0.1) is 0 Å². The van der Waals surface area contributed by atoms with Crippen LogP contribution in [0.25, 0.3) is 0 Å². The highest BCUT2D eigenvalue weighted by molar-refractivity contribution is 5.93. The third kappa shape index (κ3) is 4.73. The summed E-state index contributed by atoms with van der Waals surface area (Å²) in [6, 6.07) is 0. The number of rotatable bonds is 7. The third-order valence-electron chi connectivity index (χ3n) is 2.67. The zero-order chi connectivity index (χ0) is 14.4. The molecule has 0 saturated heterocycles. The van der Waals surface area contributed by atoms with Crippen molar-refractivity contribution in [3.63, 3.8) is 0 Å². The predicted molar refractivity (Wildman–Crippen MR) is 70.9 cm³/mol. The summed E-state index contributed by atoms with van der Waals surface area (Å²) in [6.45, 7) is 7.41. The van der Waals surface area contributed by atoms with E-state index in [1.54, 1.807) is 15.8 Å². The van der Waals surface area contributed by atoms with Gasteiger partial charge in [-0.25, -0.2) is 0 Å². The fraction of sp³-hybridized carbons (Fsp3) is 0.615. The SMILES string of the molecule is CCn1cc(C(=O)N(CCC(=O)O)CC(C)C)cn1. The highest BCUT2D eigenvalue weighted by atomic mass is 16.4. The lowest BCUT2D eigenvalue weighted by Gasteiger charge is -2.23. The van der Waals surface area contributed by atoms with Crippen molar-refractivity contribution < 1.29 is 14.7 Å². The average Bonchev–Trinajstić information content (AvgIpc) is 2.81. The van der Waals surface area contributed by atoms with Crippen LogP contribution in [0.4, 0.5) is 0 Å². The zero-order valence-corrected chi connectivity index (χ0v) is 11.7. The molecule has 0 unspecified atom stereocenters. The van der Waals surface area contributed by atoms with Gasteiger partial charge in [0.05, 0.1) is 18.2 Å². The molecule has 0 aliphatic heterocycles. The van der Waals surface area contributed by atoms with E-state index in [1.165, 1.54) is 6.20 Å². The number of hydrogen-bond acceptors (Lipinski definition) is 3. The third-order valence-corrected chi connectivity index (χ3v) is 2.67. The van der Waals surface area contributed by atoms with E-state index in [0.29, 0.717) is 24.6 Å². The molecule has 0 aliphatic rings. The Kier molecular flexibility index (Phi) is 5.54. The van der Waals surface area contributed by atoms with Gasteiger partial charge >= 0.3 is 5.97 Å². The Morgan fingerprint density at radius 3 is 2.63 bits per heavy atom. The Labute approximate surface area is 113 Å². The highest BCUT2D eigenvalue weighted by Gasteiger charge is 2.19. The maximum Gasteiger partial charge on any atom is 0.305 e. The van der Waals surface area contributed by atoms with Crippen molar-refractivity contribution in [1.82, 2.24) is 14.7 Å². The summed E-state index contributed by atoms with van der Waals surface area (Å²) in [7, 11) is 0. The molecule has 0 aliphatic carbocycles. The number of carbonyl (C=O) groups excluding carboxylic acids is 1. The van der Waals surface area contributed by atoms with E-state index in [0.717, 1.165) is 0 Å². The van der Waals surface area contributed by atoms with Gasteiger partial charge in [-0.2, -0.15) is 5.10 Å². The Bertz CT molecular complexity index is 440. The molecule has 106 valence electrons. The number of carbonyl (C=O) groups is 2. The number of amides is 1. The van der Waals surface area contributed by atoms with E-state index in [-0.39, 0.29) is 18.9 Å². The molecular formula is C13H21N3O3. The van der Waals surface area contributed by atoms with Gasteiger partial charge in [0.25, 0.3) is 5.91 Å². The normalized spacial score (nSPS) is 10.7. The minimum absolute atomic E-state index is 0.0413. The van der Waals surface area contributed by atoms with E-state index in [2.05, 4.69) is 5.10 Å². The number of aryl methyl sites for hydroxylation is 1. The monoisotopic (exact) mass is 267 g/mol. The molecule has 0 radical (unpaired) electrons. The van der Waals surface area contributed by atoms with Gasteiger partial charge in [-0.1, -0.05) is 13.8 Å². The van der Waals surface area contributed by atoms with Gasteiger partial charge in [0.2, 0.25) is 0 Å². The quantitative estimate of drug-likeness (QED) is 0.811. The van der Waals surface area contributed by atoms with Gasteiger partial charge in [0.1, 0.15) is 0 Å². The maximum absolute atomic E-state index is 12.3. The molecule has 0 bridgehead atoms. The molecule has 1 amide bonds. The summed E-state index contributed by atoms with van der Waals surface area (Å²) in [5.41, 5.74) is 0.507. The van der Waals surface area contributed by atoms with Crippen LogP contribution in [0.3, 0.4) is 0 Å². The highest BCUT2D eigenvalue weighted by Crippen LogP contribution is 2.08. The van der Waals surface area contributed by atoms with E-state index >= 15 is 0 Å². The summed E-state index contributed by atoms with van der Waals surface area (Å²) >= 11 is 0. The Morgan fingerprint density at radius 1 is 1.47 bits per heavy atom. The Morgan fingerprint density at radius 2 is 2.16 bits per heavy atom. The van der Waals surface area contributed by atoms with Crippen LogP contribution in [-0.2, 0) is 11.3 Å². The summed E-state index contributed by atoms with van der Waals surface area (Å²) in [5.74, 6) is -0.764. The number of carboxylic acid groups (broad SMARTS) is 1. The van der Waals surface area contributed by atoms with Crippen molar-refractivity contribution in [3.05, 3.63) is 18.0 Å². The van der Waals surface area contributed by atoms with Crippen LogP contribution in [0.15, 0.2) is 12.4 Å². The van der Waals surface area contributed by atoms with Crippen molar-refractivity contribution in [2.45, 2.75) is 33.7 Å². The first-order valence-electron chi connectivity index (χ1n) is 6.47. The second-order valence-corrected chi connectivity index (χ2v) is 4.87. The lowest BCUT2D eigenvalue weighted by molar-refractivity contribution is -0.137. The topological polar surface area (TPSA) is 75.4 Å². The first kappa shape index (κ1) is 15.2. The summed E-state index contributed by atoms with van der Waals surface area (Å²) in [4.78, 5) is 24.5. The predicted octanol–water partition coefficient (Wildman–Crippen LogP) is 1.48. The Balaban J connectivity index is 2.77. The molecule has 1 aromatic heterocycles. The van der Waals surface area contributed by atoms with Crippen molar-refractivity contribution in [2.75, 3.05) is 13.1 Å². The van der Waals surface area contributed by atoms with Crippen molar-refractivity contribution in [3.8, 4) is 0 Å². The lowest BCUT2D eigenvalue weighted by Crippen LogP contribution is -2.35. The summed E-state index contributed by atoms with van der Waals surface area (Å²) < 4.78 is 1.68. The molecule has 1 N–H and O–H groups in total.